The van der Waals surface area contributed by atoms with Crippen molar-refractivity contribution in [1.29, 1.82) is 0 Å². The average Bonchev–Trinajstić information content (AvgIpc) is 3.33. The van der Waals surface area contributed by atoms with Crippen molar-refractivity contribution in [2.45, 2.75) is 56.8 Å². The largest absolute Gasteiger partial charge is 0.507 e. The summed E-state index contributed by atoms with van der Waals surface area (Å²) in [6, 6.07) is -0.453. The van der Waals surface area contributed by atoms with E-state index in [4.69, 9.17) is 23.0 Å². The van der Waals surface area contributed by atoms with Crippen LogP contribution in [0.2, 0.25) is 0 Å². The van der Waals surface area contributed by atoms with Crippen molar-refractivity contribution >= 4 is 19.6 Å². The molecular weight excluding hydrogens is 455 g/mol. The third kappa shape index (κ3) is 3.56. The highest BCUT2D eigenvalue weighted by Crippen LogP contribution is 2.61. The number of nitrogens with zero attached hydrogens (tertiary/aromatic N) is 1. The summed E-state index contributed by atoms with van der Waals surface area (Å²) in [5.41, 5.74) is 0. The second kappa shape index (κ2) is 8.01. The van der Waals surface area contributed by atoms with E-state index >= 15 is 0 Å². The van der Waals surface area contributed by atoms with E-state index in [1.54, 1.807) is 4.90 Å². The van der Waals surface area contributed by atoms with Crippen LogP contribution in [-0.4, -0.2) is 60.1 Å². The molecule has 0 aromatic rings. The molecule has 12 heteroatoms. The van der Waals surface area contributed by atoms with Crippen LogP contribution in [0.15, 0.2) is 23.4 Å². The standard InChI is InChI=1S/C21H27N2O9P/c24-15-4-2-1-3-7-23(15)9-30-33(27)31-13-6-5-11-12-8-14-20(29-10-28-14)18(25)16(12)21(26)22-17(11)19(13)32-33/h8,11-13,16-17,19,25H,1-7,9-10H2,(H,22,26). The van der Waals surface area contributed by atoms with Crippen LogP contribution in [0, 0.1) is 17.8 Å². The van der Waals surface area contributed by atoms with Crippen molar-refractivity contribution in [2.75, 3.05) is 20.1 Å². The molecule has 7 unspecified atom stereocenters. The highest BCUT2D eigenvalue weighted by Gasteiger charge is 2.59. The summed E-state index contributed by atoms with van der Waals surface area (Å²) in [5.74, 6) is -0.961. The van der Waals surface area contributed by atoms with Crippen LogP contribution in [0.5, 0.6) is 0 Å². The van der Waals surface area contributed by atoms with Crippen molar-refractivity contribution in [3.05, 3.63) is 23.4 Å². The Morgan fingerprint density at radius 1 is 1.18 bits per heavy atom. The van der Waals surface area contributed by atoms with Gasteiger partial charge in [-0.25, -0.2) is 4.57 Å². The van der Waals surface area contributed by atoms with E-state index in [9.17, 15) is 19.3 Å². The highest BCUT2D eigenvalue weighted by molar-refractivity contribution is 7.48. The minimum atomic E-state index is -3.90. The second-order valence-electron chi connectivity index (χ2n) is 9.37. The molecule has 0 spiro atoms. The number of aliphatic hydroxyl groups excluding tert-OH is 1. The summed E-state index contributed by atoms with van der Waals surface area (Å²) in [6.45, 7) is 0.405. The summed E-state index contributed by atoms with van der Waals surface area (Å²) in [5, 5.41) is 13.6. The maximum atomic E-state index is 13.2. The number of carbonyl (C=O) groups is 2. The molecular formula is C21H27N2O9P. The molecule has 11 nitrogen and oxygen atoms in total. The molecule has 2 amide bonds. The molecule has 33 heavy (non-hydrogen) atoms. The summed E-state index contributed by atoms with van der Waals surface area (Å²) >= 11 is 0. The van der Waals surface area contributed by atoms with Gasteiger partial charge in [-0.3, -0.25) is 23.2 Å². The first-order valence-electron chi connectivity index (χ1n) is 11.5. The highest BCUT2D eigenvalue weighted by atomic mass is 31.2. The molecule has 0 bridgehead atoms. The number of phosphoric ester groups is 1. The van der Waals surface area contributed by atoms with Crippen LogP contribution >= 0.6 is 7.82 Å². The van der Waals surface area contributed by atoms with E-state index in [0.29, 0.717) is 31.6 Å². The third-order valence-corrected chi connectivity index (χ3v) is 8.97. The Bertz CT molecular complexity index is 981. The van der Waals surface area contributed by atoms with Crippen LogP contribution in [0.25, 0.3) is 0 Å². The summed E-state index contributed by atoms with van der Waals surface area (Å²) in [7, 11) is -3.90. The molecule has 4 heterocycles. The van der Waals surface area contributed by atoms with Gasteiger partial charge in [-0.2, -0.15) is 0 Å². The molecule has 1 saturated carbocycles. The predicted molar refractivity (Wildman–Crippen MR) is 110 cm³/mol. The van der Waals surface area contributed by atoms with Crippen molar-refractivity contribution in [1.82, 2.24) is 10.2 Å². The van der Waals surface area contributed by atoms with Gasteiger partial charge in [0.25, 0.3) is 0 Å². The Morgan fingerprint density at radius 2 is 2.06 bits per heavy atom. The van der Waals surface area contributed by atoms with Crippen LogP contribution < -0.4 is 5.32 Å². The van der Waals surface area contributed by atoms with Gasteiger partial charge in [0.1, 0.15) is 18.8 Å². The first-order chi connectivity index (χ1) is 15.9. The van der Waals surface area contributed by atoms with Gasteiger partial charge in [-0.05, 0) is 37.7 Å². The van der Waals surface area contributed by atoms with E-state index in [0.717, 1.165) is 19.3 Å². The van der Waals surface area contributed by atoms with Crippen LogP contribution in [0.1, 0.15) is 38.5 Å². The lowest BCUT2D eigenvalue weighted by atomic mass is 9.65. The summed E-state index contributed by atoms with van der Waals surface area (Å²) in [4.78, 5) is 26.7. The number of rotatable bonds is 3. The number of allylic oxidation sites excluding steroid dienone is 1. The number of piperidine rings is 1. The second-order valence-corrected chi connectivity index (χ2v) is 10.9. The normalized spacial score (nSPS) is 42.2. The Kier molecular flexibility index (Phi) is 5.21. The fourth-order valence-electron chi connectivity index (χ4n) is 5.89. The van der Waals surface area contributed by atoms with Crippen molar-refractivity contribution in [3.8, 4) is 0 Å². The van der Waals surface area contributed by atoms with Gasteiger partial charge in [-0.1, -0.05) is 6.42 Å². The molecule has 2 N–H and O–H groups in total. The third-order valence-electron chi connectivity index (χ3n) is 7.51. The number of ether oxygens (including phenoxy) is 2. The number of amides is 2. The van der Waals surface area contributed by atoms with Gasteiger partial charge in [0.15, 0.2) is 11.5 Å². The Balaban J connectivity index is 1.18. The number of hydrogen-bond acceptors (Lipinski definition) is 9. The molecule has 7 atom stereocenters. The number of aliphatic hydroxyl groups is 1. The van der Waals surface area contributed by atoms with Gasteiger partial charge in [0.2, 0.25) is 24.4 Å². The van der Waals surface area contributed by atoms with Gasteiger partial charge >= 0.3 is 7.82 Å². The van der Waals surface area contributed by atoms with Gasteiger partial charge in [0.05, 0.1) is 12.1 Å². The Hall–Kier alpha value is -2.07. The van der Waals surface area contributed by atoms with Gasteiger partial charge in [0, 0.05) is 18.9 Å². The maximum Gasteiger partial charge on any atom is 0.477 e. The molecule has 5 fully saturated rings. The van der Waals surface area contributed by atoms with Gasteiger partial charge in [-0.15, -0.1) is 0 Å². The number of likely N-dealkylation sites (tertiary alicyclic amines) is 1. The number of nitrogens with one attached hydrogen (secondary N) is 1. The minimum Gasteiger partial charge on any atom is -0.507 e. The van der Waals surface area contributed by atoms with E-state index in [-0.39, 0.29) is 48.7 Å². The summed E-state index contributed by atoms with van der Waals surface area (Å²) in [6.07, 6.45) is 5.09. The average molecular weight is 482 g/mol. The quantitative estimate of drug-likeness (QED) is 0.580. The molecule has 180 valence electrons. The van der Waals surface area contributed by atoms with Crippen molar-refractivity contribution in [2.24, 2.45) is 17.8 Å². The lowest BCUT2D eigenvalue weighted by Gasteiger charge is -2.47. The number of fused-ring (bicyclic) bond motifs is 6. The number of phosphoric acid groups is 1. The van der Waals surface area contributed by atoms with Crippen LogP contribution in [0.3, 0.4) is 0 Å². The molecule has 6 aliphatic rings. The molecule has 4 saturated heterocycles. The van der Waals surface area contributed by atoms with Gasteiger partial charge < -0.3 is 24.8 Å². The van der Waals surface area contributed by atoms with Crippen LogP contribution in [0.4, 0.5) is 0 Å². The van der Waals surface area contributed by atoms with E-state index < -0.39 is 32.0 Å². The number of carbonyl (C=O) groups excluding carboxylic acids is 2. The zero-order chi connectivity index (χ0) is 22.7. The molecule has 0 radical (unpaired) electrons. The molecule has 4 aliphatic heterocycles. The van der Waals surface area contributed by atoms with E-state index in [1.807, 2.05) is 6.08 Å². The zero-order valence-electron chi connectivity index (χ0n) is 18.0. The first kappa shape index (κ1) is 21.5. The van der Waals surface area contributed by atoms with Crippen molar-refractivity contribution < 1.29 is 42.3 Å². The smallest absolute Gasteiger partial charge is 0.477 e. The topological polar surface area (TPSA) is 133 Å². The number of hydrogen-bond donors (Lipinski definition) is 2. The molecule has 0 aromatic heterocycles. The zero-order valence-corrected chi connectivity index (χ0v) is 18.9. The Morgan fingerprint density at radius 3 is 2.94 bits per heavy atom. The molecule has 6 rings (SSSR count). The fraction of sp³-hybridized carbons (Fsp3) is 0.714. The SMILES string of the molecule is O=C1NC2C(CCC3OP(=O)(OCN4CCCCCC4=O)OC32)C2C=C3OCOC3=C(O)C12. The predicted octanol–water partition coefficient (Wildman–Crippen LogP) is 2.07. The van der Waals surface area contributed by atoms with Crippen LogP contribution in [-0.2, 0) is 37.2 Å². The summed E-state index contributed by atoms with van der Waals surface area (Å²) < 4.78 is 41.1. The molecule has 0 aromatic carbocycles. The lowest BCUT2D eigenvalue weighted by Crippen LogP contribution is -2.63. The molecule has 2 aliphatic carbocycles. The minimum absolute atomic E-state index is 0.00206. The fourth-order valence-corrected chi connectivity index (χ4v) is 7.46. The maximum absolute atomic E-state index is 13.2. The Labute approximate surface area is 190 Å². The van der Waals surface area contributed by atoms with E-state index in [2.05, 4.69) is 5.32 Å². The first-order valence-corrected chi connectivity index (χ1v) is 13.0. The monoisotopic (exact) mass is 482 g/mol. The lowest BCUT2D eigenvalue weighted by molar-refractivity contribution is -0.136. The van der Waals surface area contributed by atoms with Crippen molar-refractivity contribution in [3.63, 3.8) is 0 Å². The van der Waals surface area contributed by atoms with E-state index in [1.165, 1.54) is 0 Å².